The molecule has 2 N–H and O–H groups in total. The molecule has 2 saturated carbocycles. The van der Waals surface area contributed by atoms with Crippen LogP contribution in [0.4, 0.5) is 0 Å². The van der Waals surface area contributed by atoms with E-state index in [1.165, 1.54) is 0 Å². The molecule has 0 saturated heterocycles. The zero-order valence-corrected chi connectivity index (χ0v) is 15.8. The molecule has 6 heteroatoms. The van der Waals surface area contributed by atoms with Gasteiger partial charge in [-0.1, -0.05) is 44.2 Å². The number of nitrogens with one attached hydrogen (secondary N) is 1. The summed E-state index contributed by atoms with van der Waals surface area (Å²) in [4.78, 5) is 12.6. The van der Waals surface area contributed by atoms with E-state index in [0.29, 0.717) is 18.4 Å². The normalized spacial score (nSPS) is 30.4. The highest BCUT2D eigenvalue weighted by Crippen LogP contribution is 2.64. The van der Waals surface area contributed by atoms with Gasteiger partial charge in [-0.15, -0.1) is 0 Å². The number of fused-ring (bicyclic) bond motifs is 2. The Morgan fingerprint density at radius 3 is 2.44 bits per heavy atom. The van der Waals surface area contributed by atoms with Crippen LogP contribution in [0.1, 0.15) is 51.7 Å². The molecule has 2 aliphatic rings. The van der Waals surface area contributed by atoms with Gasteiger partial charge < -0.3 is 5.11 Å². The molecule has 1 aromatic rings. The molecule has 0 spiro atoms. The molecule has 0 radical (unpaired) electrons. The van der Waals surface area contributed by atoms with E-state index in [2.05, 4.69) is 4.72 Å². The lowest BCUT2D eigenvalue weighted by Gasteiger charge is -2.36. The summed E-state index contributed by atoms with van der Waals surface area (Å²) in [5.41, 5.74) is -0.421. The summed E-state index contributed by atoms with van der Waals surface area (Å²) in [5, 5.41) is 10.4. The first kappa shape index (κ1) is 18.5. The van der Waals surface area contributed by atoms with Gasteiger partial charge in [-0.2, -0.15) is 0 Å². The zero-order valence-electron chi connectivity index (χ0n) is 15.0. The van der Waals surface area contributed by atoms with E-state index in [1.807, 2.05) is 19.9 Å². The molecule has 2 fully saturated rings. The number of rotatable bonds is 6. The van der Waals surface area contributed by atoms with Crippen LogP contribution < -0.4 is 4.72 Å². The highest BCUT2D eigenvalue weighted by atomic mass is 32.2. The van der Waals surface area contributed by atoms with Crippen LogP contribution in [0, 0.1) is 16.7 Å². The van der Waals surface area contributed by atoms with Crippen molar-refractivity contribution in [2.75, 3.05) is 5.75 Å². The molecule has 2 bridgehead atoms. The monoisotopic (exact) mass is 365 g/mol. The Morgan fingerprint density at radius 1 is 1.28 bits per heavy atom. The van der Waals surface area contributed by atoms with Crippen molar-refractivity contribution in [1.82, 2.24) is 4.72 Å². The second kappa shape index (κ2) is 6.18. The Morgan fingerprint density at radius 2 is 1.92 bits per heavy atom. The number of Topliss-reactive ketones (excluding diaryl/α,β-unsaturated/α-hetero) is 1. The zero-order chi connectivity index (χ0) is 18.5. The Hall–Kier alpha value is -1.24. The van der Waals surface area contributed by atoms with Crippen LogP contribution in [-0.2, 0) is 14.8 Å². The molecule has 25 heavy (non-hydrogen) atoms. The number of hydrogen-bond acceptors (Lipinski definition) is 4. The lowest BCUT2D eigenvalue weighted by molar-refractivity contribution is -0.128. The fraction of sp³-hybridized carbons (Fsp3) is 0.632. The van der Waals surface area contributed by atoms with Gasteiger partial charge in [-0.3, -0.25) is 4.79 Å². The van der Waals surface area contributed by atoms with Gasteiger partial charge in [0, 0.05) is 17.9 Å². The smallest absolute Gasteiger partial charge is 0.212 e. The molecule has 2 aliphatic carbocycles. The van der Waals surface area contributed by atoms with E-state index in [0.717, 1.165) is 6.42 Å². The fourth-order valence-corrected chi connectivity index (χ4v) is 6.87. The van der Waals surface area contributed by atoms with Gasteiger partial charge in [-0.05, 0) is 36.7 Å². The molecule has 3 unspecified atom stereocenters. The van der Waals surface area contributed by atoms with E-state index in [1.54, 1.807) is 31.2 Å². The van der Waals surface area contributed by atoms with Crippen LogP contribution in [-0.4, -0.2) is 31.1 Å². The Labute approximate surface area is 149 Å². The van der Waals surface area contributed by atoms with Crippen LogP contribution >= 0.6 is 0 Å². The SMILES string of the molecule is CC(NS(=O)(=O)C[C@]12CCC(CC1=O)C2(C)C)C(O)c1ccccc1. The molecular formula is C19H27NO4S. The molecule has 0 aromatic heterocycles. The van der Waals surface area contributed by atoms with Crippen molar-refractivity contribution in [1.29, 1.82) is 0 Å². The van der Waals surface area contributed by atoms with Gasteiger partial charge in [0.25, 0.3) is 0 Å². The highest BCUT2D eigenvalue weighted by molar-refractivity contribution is 7.89. The molecule has 3 rings (SSSR count). The Kier molecular flexibility index (Phi) is 4.58. The number of ketones is 1. The van der Waals surface area contributed by atoms with Crippen LogP contribution in [0.2, 0.25) is 0 Å². The second-order valence-corrected chi connectivity index (χ2v) is 9.94. The molecule has 4 atom stereocenters. The number of benzene rings is 1. The number of carbonyl (C=O) groups is 1. The number of aliphatic hydroxyl groups is 1. The highest BCUT2D eigenvalue weighted by Gasteiger charge is 2.65. The van der Waals surface area contributed by atoms with Crippen LogP contribution in [0.15, 0.2) is 30.3 Å². The summed E-state index contributed by atoms with van der Waals surface area (Å²) in [5.74, 6) is 0.173. The number of sulfonamides is 1. The van der Waals surface area contributed by atoms with E-state index >= 15 is 0 Å². The maximum absolute atomic E-state index is 12.8. The van der Waals surface area contributed by atoms with Gasteiger partial charge in [0.2, 0.25) is 10.0 Å². The van der Waals surface area contributed by atoms with Crippen LogP contribution in [0.5, 0.6) is 0 Å². The first-order chi connectivity index (χ1) is 11.6. The largest absolute Gasteiger partial charge is 0.387 e. The fourth-order valence-electron chi connectivity index (χ4n) is 4.76. The molecular weight excluding hydrogens is 338 g/mol. The summed E-state index contributed by atoms with van der Waals surface area (Å²) < 4.78 is 28.1. The second-order valence-electron chi connectivity index (χ2n) is 8.19. The minimum absolute atomic E-state index is 0.0791. The van der Waals surface area contributed by atoms with Crippen molar-refractivity contribution in [3.05, 3.63) is 35.9 Å². The number of aliphatic hydroxyl groups excluding tert-OH is 1. The number of hydrogen-bond donors (Lipinski definition) is 2. The molecule has 1 aromatic carbocycles. The summed E-state index contributed by atoms with van der Waals surface area (Å²) in [6, 6.07) is 8.31. The van der Waals surface area contributed by atoms with Crippen molar-refractivity contribution in [3.8, 4) is 0 Å². The van der Waals surface area contributed by atoms with E-state index in [4.69, 9.17) is 0 Å². The van der Waals surface area contributed by atoms with Gasteiger partial charge in [0.15, 0.2) is 0 Å². The van der Waals surface area contributed by atoms with Crippen molar-refractivity contribution >= 4 is 15.8 Å². The minimum atomic E-state index is -3.70. The standard InChI is InChI=1S/C19H27NO4S/c1-13(17(22)14-7-5-4-6-8-14)20-25(23,24)12-19-10-9-15(11-16(19)21)18(19,2)3/h4-8,13,15,17,20,22H,9-12H2,1-3H3/t13?,15?,17?,19-/m1/s1. The van der Waals surface area contributed by atoms with Crippen LogP contribution in [0.3, 0.4) is 0 Å². The summed E-state index contributed by atoms with van der Waals surface area (Å²) >= 11 is 0. The molecule has 0 amide bonds. The average molecular weight is 365 g/mol. The third-order valence-corrected chi connectivity index (χ3v) is 8.16. The van der Waals surface area contributed by atoms with Crippen molar-refractivity contribution in [2.45, 2.75) is 52.2 Å². The van der Waals surface area contributed by atoms with Crippen LogP contribution in [0.25, 0.3) is 0 Å². The first-order valence-electron chi connectivity index (χ1n) is 8.85. The van der Waals surface area contributed by atoms with Gasteiger partial charge >= 0.3 is 0 Å². The molecule has 5 nitrogen and oxygen atoms in total. The quantitative estimate of drug-likeness (QED) is 0.811. The van der Waals surface area contributed by atoms with Crippen molar-refractivity contribution < 1.29 is 18.3 Å². The lowest BCUT2D eigenvalue weighted by atomic mass is 9.70. The van der Waals surface area contributed by atoms with Gasteiger partial charge in [0.1, 0.15) is 5.78 Å². The predicted octanol–water partition coefficient (Wildman–Crippen LogP) is 2.42. The Balaban J connectivity index is 1.75. The molecule has 138 valence electrons. The third kappa shape index (κ3) is 3.04. The summed E-state index contributed by atoms with van der Waals surface area (Å²) in [6.07, 6.45) is 1.11. The molecule has 0 heterocycles. The van der Waals surface area contributed by atoms with Crippen molar-refractivity contribution in [3.63, 3.8) is 0 Å². The first-order valence-corrected chi connectivity index (χ1v) is 10.5. The lowest BCUT2D eigenvalue weighted by Crippen LogP contribution is -2.47. The minimum Gasteiger partial charge on any atom is -0.387 e. The third-order valence-electron chi connectivity index (χ3n) is 6.56. The number of carbonyl (C=O) groups excluding carboxylic acids is 1. The topological polar surface area (TPSA) is 83.5 Å². The van der Waals surface area contributed by atoms with E-state index in [-0.39, 0.29) is 22.9 Å². The summed E-state index contributed by atoms with van der Waals surface area (Å²) in [7, 11) is -3.70. The van der Waals surface area contributed by atoms with Gasteiger partial charge in [0.05, 0.1) is 11.9 Å². The maximum atomic E-state index is 12.8. The Bertz CT molecular complexity index is 759. The summed E-state index contributed by atoms with van der Waals surface area (Å²) in [6.45, 7) is 5.69. The van der Waals surface area contributed by atoms with Gasteiger partial charge in [-0.25, -0.2) is 13.1 Å². The van der Waals surface area contributed by atoms with E-state index in [9.17, 15) is 18.3 Å². The maximum Gasteiger partial charge on any atom is 0.212 e. The van der Waals surface area contributed by atoms with Crippen molar-refractivity contribution in [2.24, 2.45) is 16.7 Å². The predicted molar refractivity (Wildman–Crippen MR) is 96.3 cm³/mol. The average Bonchev–Trinajstić information content (AvgIpc) is 2.88. The van der Waals surface area contributed by atoms with E-state index < -0.39 is 27.6 Å². The molecule has 0 aliphatic heterocycles.